The van der Waals surface area contributed by atoms with Crippen LogP contribution >= 0.6 is 0 Å². The van der Waals surface area contributed by atoms with E-state index in [-0.39, 0.29) is 11.6 Å². The molecule has 1 fully saturated rings. The van der Waals surface area contributed by atoms with Crippen LogP contribution in [0.5, 0.6) is 0 Å². The van der Waals surface area contributed by atoms with E-state index in [1.54, 1.807) is 7.11 Å². The van der Waals surface area contributed by atoms with Crippen LogP contribution in [0, 0.1) is 0 Å². The van der Waals surface area contributed by atoms with Gasteiger partial charge in [0.25, 0.3) is 0 Å². The zero-order chi connectivity index (χ0) is 13.7. The Balaban J connectivity index is 2.25. The smallest absolute Gasteiger partial charge is 0.0929 e. The number of hydrazine groups is 1. The third-order valence-corrected chi connectivity index (χ3v) is 4.16. The van der Waals surface area contributed by atoms with E-state index in [1.807, 2.05) is 0 Å². The Morgan fingerprint density at radius 3 is 2.42 bits per heavy atom. The standard InChI is InChI=1S/C15H24N2O2/c1-3-12-4-6-13(7-5-12)14(17-16)15(18-2)8-10-19-11-9-15/h4-7,14,17H,3,8-11,16H2,1-2H3. The summed E-state index contributed by atoms with van der Waals surface area (Å²) in [7, 11) is 1.76. The zero-order valence-corrected chi connectivity index (χ0v) is 11.8. The number of methoxy groups -OCH3 is 1. The van der Waals surface area contributed by atoms with Crippen LogP contribution in [-0.2, 0) is 15.9 Å². The van der Waals surface area contributed by atoms with Crippen LogP contribution in [0.3, 0.4) is 0 Å². The lowest BCUT2D eigenvalue weighted by Gasteiger charge is -2.42. The van der Waals surface area contributed by atoms with Gasteiger partial charge in [0.2, 0.25) is 0 Å². The Morgan fingerprint density at radius 2 is 1.95 bits per heavy atom. The summed E-state index contributed by atoms with van der Waals surface area (Å²) in [6, 6.07) is 8.58. The van der Waals surface area contributed by atoms with Crippen LogP contribution in [-0.4, -0.2) is 25.9 Å². The average Bonchev–Trinajstić information content (AvgIpc) is 2.49. The van der Waals surface area contributed by atoms with Crippen LogP contribution in [0.1, 0.15) is 36.9 Å². The molecular formula is C15H24N2O2. The quantitative estimate of drug-likeness (QED) is 0.630. The second-order valence-electron chi connectivity index (χ2n) is 5.08. The number of nitrogens with two attached hydrogens (primary N) is 1. The number of rotatable bonds is 5. The maximum atomic E-state index is 5.82. The summed E-state index contributed by atoms with van der Waals surface area (Å²) in [4.78, 5) is 0. The van der Waals surface area contributed by atoms with Crippen molar-refractivity contribution in [1.29, 1.82) is 0 Å². The summed E-state index contributed by atoms with van der Waals surface area (Å²) in [6.45, 7) is 3.60. The van der Waals surface area contributed by atoms with Crippen molar-refractivity contribution in [2.24, 2.45) is 5.84 Å². The van der Waals surface area contributed by atoms with Gasteiger partial charge in [0, 0.05) is 33.2 Å². The molecule has 1 aromatic carbocycles. The lowest BCUT2D eigenvalue weighted by molar-refractivity contribution is -0.111. The van der Waals surface area contributed by atoms with Gasteiger partial charge in [-0.2, -0.15) is 0 Å². The molecule has 0 aromatic heterocycles. The summed E-state index contributed by atoms with van der Waals surface area (Å²) in [6.07, 6.45) is 2.76. The van der Waals surface area contributed by atoms with Crippen LogP contribution in [0.2, 0.25) is 0 Å². The van der Waals surface area contributed by atoms with Gasteiger partial charge in [0.05, 0.1) is 11.6 Å². The van der Waals surface area contributed by atoms with Gasteiger partial charge in [-0.15, -0.1) is 0 Å². The number of hydrogen-bond acceptors (Lipinski definition) is 4. The Bertz CT molecular complexity index is 386. The Morgan fingerprint density at radius 1 is 1.32 bits per heavy atom. The zero-order valence-electron chi connectivity index (χ0n) is 11.8. The third kappa shape index (κ3) is 2.98. The minimum atomic E-state index is -0.277. The fraction of sp³-hybridized carbons (Fsp3) is 0.600. The van der Waals surface area contributed by atoms with Crippen molar-refractivity contribution < 1.29 is 9.47 Å². The van der Waals surface area contributed by atoms with E-state index in [2.05, 4.69) is 36.6 Å². The number of nitrogens with one attached hydrogen (secondary N) is 1. The lowest BCUT2D eigenvalue weighted by Crippen LogP contribution is -2.51. The van der Waals surface area contributed by atoms with E-state index in [0.29, 0.717) is 0 Å². The van der Waals surface area contributed by atoms with Gasteiger partial charge in [-0.1, -0.05) is 31.2 Å². The SMILES string of the molecule is CCc1ccc(C(NN)C2(OC)CCOCC2)cc1. The highest BCUT2D eigenvalue weighted by Gasteiger charge is 2.41. The Kier molecular flexibility index (Phi) is 4.93. The first-order valence-corrected chi connectivity index (χ1v) is 6.93. The number of hydrogen-bond donors (Lipinski definition) is 2. The van der Waals surface area contributed by atoms with Gasteiger partial charge >= 0.3 is 0 Å². The van der Waals surface area contributed by atoms with E-state index in [0.717, 1.165) is 32.5 Å². The molecule has 0 spiro atoms. The minimum absolute atomic E-state index is 0.00712. The summed E-state index contributed by atoms with van der Waals surface area (Å²) in [5, 5.41) is 0. The Hall–Kier alpha value is -0.940. The van der Waals surface area contributed by atoms with Gasteiger partial charge in [0.15, 0.2) is 0 Å². The van der Waals surface area contributed by atoms with Crippen molar-refractivity contribution >= 4 is 0 Å². The van der Waals surface area contributed by atoms with E-state index >= 15 is 0 Å². The first-order valence-electron chi connectivity index (χ1n) is 6.93. The predicted octanol–water partition coefficient (Wildman–Crippen LogP) is 1.95. The molecule has 1 heterocycles. The molecule has 0 bridgehead atoms. The topological polar surface area (TPSA) is 56.5 Å². The molecule has 106 valence electrons. The van der Waals surface area contributed by atoms with Crippen LogP contribution in [0.15, 0.2) is 24.3 Å². The fourth-order valence-corrected chi connectivity index (χ4v) is 2.83. The van der Waals surface area contributed by atoms with Crippen LogP contribution in [0.25, 0.3) is 0 Å². The highest BCUT2D eigenvalue weighted by molar-refractivity contribution is 5.27. The largest absolute Gasteiger partial charge is 0.381 e. The van der Waals surface area contributed by atoms with Crippen molar-refractivity contribution in [3.63, 3.8) is 0 Å². The van der Waals surface area contributed by atoms with E-state index in [9.17, 15) is 0 Å². The molecule has 0 saturated carbocycles. The van der Waals surface area contributed by atoms with Gasteiger partial charge in [-0.3, -0.25) is 11.3 Å². The van der Waals surface area contributed by atoms with Gasteiger partial charge in [0.1, 0.15) is 0 Å². The molecule has 1 aliphatic rings. The van der Waals surface area contributed by atoms with Crippen molar-refractivity contribution in [2.75, 3.05) is 20.3 Å². The molecule has 0 aliphatic carbocycles. The van der Waals surface area contributed by atoms with Crippen LogP contribution < -0.4 is 11.3 Å². The van der Waals surface area contributed by atoms with Crippen LogP contribution in [0.4, 0.5) is 0 Å². The maximum Gasteiger partial charge on any atom is 0.0929 e. The number of ether oxygens (including phenoxy) is 2. The molecule has 1 atom stereocenters. The molecule has 3 N–H and O–H groups in total. The molecular weight excluding hydrogens is 240 g/mol. The second-order valence-corrected chi connectivity index (χ2v) is 5.08. The molecule has 1 aliphatic heterocycles. The lowest BCUT2D eigenvalue weighted by atomic mass is 9.82. The third-order valence-electron chi connectivity index (χ3n) is 4.16. The van der Waals surface area contributed by atoms with Crippen molar-refractivity contribution in [3.05, 3.63) is 35.4 Å². The normalized spacial score (nSPS) is 20.2. The Labute approximate surface area is 115 Å². The van der Waals surface area contributed by atoms with Crippen molar-refractivity contribution in [3.8, 4) is 0 Å². The molecule has 0 radical (unpaired) electrons. The van der Waals surface area contributed by atoms with Gasteiger partial charge in [-0.05, 0) is 17.5 Å². The maximum absolute atomic E-state index is 5.82. The number of aryl methyl sites for hydroxylation is 1. The van der Waals surface area contributed by atoms with Crippen molar-refractivity contribution in [1.82, 2.24) is 5.43 Å². The summed E-state index contributed by atoms with van der Waals surface area (Å²) >= 11 is 0. The minimum Gasteiger partial charge on any atom is -0.381 e. The molecule has 1 saturated heterocycles. The molecule has 0 amide bonds. The average molecular weight is 264 g/mol. The molecule has 19 heavy (non-hydrogen) atoms. The first kappa shape index (κ1) is 14.5. The van der Waals surface area contributed by atoms with Gasteiger partial charge in [-0.25, -0.2) is 0 Å². The molecule has 2 rings (SSSR count). The molecule has 1 aromatic rings. The van der Waals surface area contributed by atoms with Gasteiger partial charge < -0.3 is 9.47 Å². The molecule has 4 nitrogen and oxygen atoms in total. The second kappa shape index (κ2) is 6.48. The summed E-state index contributed by atoms with van der Waals surface area (Å²) in [5.41, 5.74) is 5.16. The van der Waals surface area contributed by atoms with E-state index < -0.39 is 0 Å². The van der Waals surface area contributed by atoms with Crippen molar-refractivity contribution in [2.45, 2.75) is 37.8 Å². The number of benzene rings is 1. The monoisotopic (exact) mass is 264 g/mol. The predicted molar refractivity (Wildman–Crippen MR) is 75.7 cm³/mol. The molecule has 4 heteroatoms. The van der Waals surface area contributed by atoms with E-state index in [1.165, 1.54) is 11.1 Å². The highest BCUT2D eigenvalue weighted by atomic mass is 16.5. The summed E-state index contributed by atoms with van der Waals surface area (Å²) in [5.74, 6) is 5.80. The fourth-order valence-electron chi connectivity index (χ4n) is 2.83. The van der Waals surface area contributed by atoms with E-state index in [4.69, 9.17) is 15.3 Å². The summed E-state index contributed by atoms with van der Waals surface area (Å²) < 4.78 is 11.3. The highest BCUT2D eigenvalue weighted by Crippen LogP contribution is 2.36. The molecule has 1 unspecified atom stereocenters. The first-order chi connectivity index (χ1) is 9.25.